The zero-order chi connectivity index (χ0) is 15.0. The Hall–Kier alpha value is -2.12. The summed E-state index contributed by atoms with van der Waals surface area (Å²) in [5.74, 6) is -3.97. The largest absolute Gasteiger partial charge is 0.481 e. The van der Waals surface area contributed by atoms with Crippen LogP contribution in [0.25, 0.3) is 0 Å². The topological polar surface area (TPSA) is 132 Å². The maximum Gasteiger partial charge on any atom is 0.326 e. The molecule has 108 valence electrons. The third-order valence-electron chi connectivity index (χ3n) is 2.56. The third-order valence-corrected chi connectivity index (χ3v) is 2.56. The summed E-state index contributed by atoms with van der Waals surface area (Å²) in [5.41, 5.74) is 0. The van der Waals surface area contributed by atoms with E-state index in [9.17, 15) is 19.2 Å². The molecule has 0 bridgehead atoms. The molecule has 0 aliphatic rings. The Morgan fingerprint density at radius 1 is 0.947 bits per heavy atom. The molecule has 0 spiro atoms. The lowest BCUT2D eigenvalue weighted by Crippen LogP contribution is -2.42. The van der Waals surface area contributed by atoms with Crippen LogP contribution in [0.3, 0.4) is 0 Å². The first-order chi connectivity index (χ1) is 8.75. The average Bonchev–Trinajstić information content (AvgIpc) is 2.27. The number of carbonyl (C=O) groups excluding carboxylic acids is 1. The molecule has 0 rings (SSSR count). The van der Waals surface area contributed by atoms with Crippen LogP contribution in [0.2, 0.25) is 0 Å². The zero-order valence-corrected chi connectivity index (χ0v) is 10.5. The van der Waals surface area contributed by atoms with E-state index in [0.29, 0.717) is 0 Å². The molecule has 0 saturated carbocycles. The third kappa shape index (κ3) is 7.02. The number of hydrogen-bond donors (Lipinski definition) is 3. The van der Waals surface area contributed by atoms with Crippen molar-refractivity contribution in [2.24, 2.45) is 0 Å². The monoisotopic (exact) mass is 275 g/mol. The minimum absolute atomic E-state index is 0.0837. The van der Waals surface area contributed by atoms with E-state index in [1.807, 2.05) is 0 Å². The van der Waals surface area contributed by atoms with Crippen molar-refractivity contribution in [3.05, 3.63) is 0 Å². The van der Waals surface area contributed by atoms with Gasteiger partial charge in [-0.25, -0.2) is 4.79 Å². The molecule has 0 fully saturated rings. The first-order valence-corrected chi connectivity index (χ1v) is 5.67. The van der Waals surface area contributed by atoms with E-state index >= 15 is 0 Å². The van der Waals surface area contributed by atoms with Crippen molar-refractivity contribution in [2.45, 2.75) is 38.1 Å². The molecule has 19 heavy (non-hydrogen) atoms. The SMILES string of the molecule is CN(C(=O)CCCC(=O)O)[C@@H](CCC(=O)O)C(=O)O. The maximum atomic E-state index is 11.6. The Kier molecular flexibility index (Phi) is 7.16. The molecule has 0 unspecified atom stereocenters. The van der Waals surface area contributed by atoms with Gasteiger partial charge in [0.1, 0.15) is 6.04 Å². The number of likely N-dealkylation sites (N-methyl/N-ethyl adjacent to an activating group) is 1. The van der Waals surface area contributed by atoms with Crippen LogP contribution in [0.15, 0.2) is 0 Å². The highest BCUT2D eigenvalue weighted by Gasteiger charge is 2.26. The van der Waals surface area contributed by atoms with E-state index in [-0.39, 0.29) is 32.1 Å². The smallest absolute Gasteiger partial charge is 0.326 e. The van der Waals surface area contributed by atoms with E-state index in [0.717, 1.165) is 4.90 Å². The Balaban J connectivity index is 4.40. The highest BCUT2D eigenvalue weighted by molar-refractivity contribution is 5.84. The highest BCUT2D eigenvalue weighted by Crippen LogP contribution is 2.09. The minimum atomic E-state index is -1.28. The van der Waals surface area contributed by atoms with Gasteiger partial charge in [-0.05, 0) is 12.8 Å². The Morgan fingerprint density at radius 2 is 1.47 bits per heavy atom. The van der Waals surface area contributed by atoms with E-state index < -0.39 is 29.9 Å². The van der Waals surface area contributed by atoms with Crippen molar-refractivity contribution >= 4 is 23.8 Å². The number of nitrogens with zero attached hydrogens (tertiary/aromatic N) is 1. The fourth-order valence-electron chi connectivity index (χ4n) is 1.48. The van der Waals surface area contributed by atoms with Gasteiger partial charge in [0, 0.05) is 26.3 Å². The number of rotatable bonds is 9. The van der Waals surface area contributed by atoms with Gasteiger partial charge in [-0.1, -0.05) is 0 Å². The highest BCUT2D eigenvalue weighted by atomic mass is 16.4. The molecule has 0 aromatic heterocycles. The second-order valence-electron chi connectivity index (χ2n) is 4.04. The van der Waals surface area contributed by atoms with Gasteiger partial charge in [0.15, 0.2) is 0 Å². The average molecular weight is 275 g/mol. The normalized spacial score (nSPS) is 11.6. The predicted molar refractivity (Wildman–Crippen MR) is 62.6 cm³/mol. The van der Waals surface area contributed by atoms with Crippen LogP contribution in [-0.2, 0) is 19.2 Å². The summed E-state index contributed by atoms with van der Waals surface area (Å²) >= 11 is 0. The van der Waals surface area contributed by atoms with Crippen molar-refractivity contribution < 1.29 is 34.5 Å². The summed E-state index contributed by atoms with van der Waals surface area (Å²) in [6.45, 7) is 0. The molecule has 0 saturated heterocycles. The molecular weight excluding hydrogens is 258 g/mol. The van der Waals surface area contributed by atoms with Crippen LogP contribution in [0, 0.1) is 0 Å². The van der Waals surface area contributed by atoms with Crippen LogP contribution < -0.4 is 0 Å². The Morgan fingerprint density at radius 3 is 1.89 bits per heavy atom. The van der Waals surface area contributed by atoms with Crippen LogP contribution in [0.1, 0.15) is 32.1 Å². The molecule has 1 atom stereocenters. The number of carboxylic acids is 3. The van der Waals surface area contributed by atoms with Gasteiger partial charge in [-0.3, -0.25) is 14.4 Å². The fraction of sp³-hybridized carbons (Fsp3) is 0.636. The van der Waals surface area contributed by atoms with E-state index in [1.54, 1.807) is 0 Å². The van der Waals surface area contributed by atoms with Gasteiger partial charge in [0.25, 0.3) is 0 Å². The van der Waals surface area contributed by atoms with Crippen molar-refractivity contribution in [1.29, 1.82) is 0 Å². The molecule has 0 aliphatic carbocycles. The van der Waals surface area contributed by atoms with Gasteiger partial charge < -0.3 is 20.2 Å². The summed E-state index contributed by atoms with van der Waals surface area (Å²) in [6, 6.07) is -1.21. The molecule has 1 amide bonds. The van der Waals surface area contributed by atoms with E-state index in [1.165, 1.54) is 7.05 Å². The number of aliphatic carboxylic acids is 3. The lowest BCUT2D eigenvalue weighted by Gasteiger charge is -2.24. The number of carboxylic acid groups (broad SMARTS) is 3. The number of carbonyl (C=O) groups is 4. The summed E-state index contributed by atoms with van der Waals surface area (Å²) in [6.07, 6.45) is -0.689. The van der Waals surface area contributed by atoms with Crippen LogP contribution in [0.4, 0.5) is 0 Å². The van der Waals surface area contributed by atoms with Crippen molar-refractivity contribution in [3.8, 4) is 0 Å². The Labute approximate surface area is 109 Å². The van der Waals surface area contributed by atoms with Gasteiger partial charge in [0.05, 0.1) is 0 Å². The van der Waals surface area contributed by atoms with E-state index in [2.05, 4.69) is 0 Å². The first-order valence-electron chi connectivity index (χ1n) is 5.67. The van der Waals surface area contributed by atoms with Crippen molar-refractivity contribution in [2.75, 3.05) is 7.05 Å². The number of hydrogen-bond acceptors (Lipinski definition) is 4. The molecular formula is C11H17NO7. The minimum Gasteiger partial charge on any atom is -0.481 e. The summed E-state index contributed by atoms with van der Waals surface area (Å²) < 4.78 is 0. The second kappa shape index (κ2) is 8.06. The molecule has 3 N–H and O–H groups in total. The Bertz CT molecular complexity index is 366. The molecule has 8 heteroatoms. The zero-order valence-electron chi connectivity index (χ0n) is 10.5. The van der Waals surface area contributed by atoms with Crippen LogP contribution >= 0.6 is 0 Å². The van der Waals surface area contributed by atoms with Gasteiger partial charge in [0.2, 0.25) is 5.91 Å². The van der Waals surface area contributed by atoms with Crippen LogP contribution in [-0.4, -0.2) is 57.1 Å². The lowest BCUT2D eigenvalue weighted by atomic mass is 10.1. The maximum absolute atomic E-state index is 11.6. The quantitative estimate of drug-likeness (QED) is 0.540. The molecule has 0 aromatic carbocycles. The van der Waals surface area contributed by atoms with E-state index in [4.69, 9.17) is 15.3 Å². The molecule has 0 heterocycles. The second-order valence-corrected chi connectivity index (χ2v) is 4.04. The van der Waals surface area contributed by atoms with Gasteiger partial charge >= 0.3 is 17.9 Å². The van der Waals surface area contributed by atoms with Crippen molar-refractivity contribution in [1.82, 2.24) is 4.90 Å². The van der Waals surface area contributed by atoms with Gasteiger partial charge in [-0.2, -0.15) is 0 Å². The molecule has 0 aromatic rings. The van der Waals surface area contributed by atoms with Crippen LogP contribution in [0.5, 0.6) is 0 Å². The standard InChI is InChI=1S/C11H17NO7/c1-12(8(13)3-2-4-9(14)15)7(11(18)19)5-6-10(16)17/h7H,2-6H2,1H3,(H,14,15)(H,16,17)(H,18,19)/t7-/m0/s1. The summed E-state index contributed by atoms with van der Waals surface area (Å²) in [7, 11) is 1.27. The van der Waals surface area contributed by atoms with Gasteiger partial charge in [-0.15, -0.1) is 0 Å². The van der Waals surface area contributed by atoms with Crippen molar-refractivity contribution in [3.63, 3.8) is 0 Å². The molecule has 0 radical (unpaired) electrons. The lowest BCUT2D eigenvalue weighted by molar-refractivity contribution is -0.150. The number of amides is 1. The predicted octanol–water partition coefficient (Wildman–Crippen LogP) is 0.0177. The summed E-state index contributed by atoms with van der Waals surface area (Å²) in [5, 5.41) is 25.9. The summed E-state index contributed by atoms with van der Waals surface area (Å²) in [4.78, 5) is 44.2. The molecule has 0 aliphatic heterocycles. The first kappa shape index (κ1) is 16.9. The molecule has 8 nitrogen and oxygen atoms in total. The fourth-order valence-corrected chi connectivity index (χ4v) is 1.48.